The van der Waals surface area contributed by atoms with Gasteiger partial charge in [0.2, 0.25) is 0 Å². The van der Waals surface area contributed by atoms with Gasteiger partial charge in [-0.3, -0.25) is 4.98 Å². The molecule has 0 saturated heterocycles. The van der Waals surface area contributed by atoms with Gasteiger partial charge in [0.25, 0.3) is 0 Å². The van der Waals surface area contributed by atoms with Crippen LogP contribution in [-0.2, 0) is 0 Å². The van der Waals surface area contributed by atoms with Gasteiger partial charge in [-0.2, -0.15) is 0 Å². The number of anilines is 2. The van der Waals surface area contributed by atoms with E-state index in [9.17, 15) is 0 Å². The van der Waals surface area contributed by atoms with Gasteiger partial charge in [-0.1, -0.05) is 23.2 Å². The highest BCUT2D eigenvalue weighted by Gasteiger charge is 2.09. The molecule has 1 aromatic carbocycles. The molecular weight excluding hydrogens is 233 g/mol. The summed E-state index contributed by atoms with van der Waals surface area (Å²) in [7, 11) is 1.79. The summed E-state index contributed by atoms with van der Waals surface area (Å²) in [5, 5.41) is 4.93. The van der Waals surface area contributed by atoms with Crippen LogP contribution in [0.1, 0.15) is 0 Å². The monoisotopic (exact) mass is 241 g/mol. The zero-order valence-electron chi connectivity index (χ0n) is 8.01. The molecule has 2 rings (SSSR count). The Bertz CT molecular complexity index is 526. The van der Waals surface area contributed by atoms with Crippen molar-refractivity contribution >= 4 is 45.5 Å². The predicted molar refractivity (Wildman–Crippen MR) is 65.7 cm³/mol. The van der Waals surface area contributed by atoms with Crippen molar-refractivity contribution in [3.8, 4) is 0 Å². The average Bonchev–Trinajstić information content (AvgIpc) is 2.17. The number of rotatable bonds is 1. The van der Waals surface area contributed by atoms with Crippen LogP contribution in [0.15, 0.2) is 18.3 Å². The van der Waals surface area contributed by atoms with E-state index in [1.807, 2.05) is 0 Å². The highest BCUT2D eigenvalue weighted by atomic mass is 35.5. The van der Waals surface area contributed by atoms with Crippen LogP contribution in [0, 0.1) is 0 Å². The van der Waals surface area contributed by atoms with E-state index in [0.717, 1.165) is 11.1 Å². The van der Waals surface area contributed by atoms with Crippen molar-refractivity contribution in [1.29, 1.82) is 0 Å². The summed E-state index contributed by atoms with van der Waals surface area (Å²) in [5.41, 5.74) is 7.85. The number of aromatic nitrogens is 1. The lowest BCUT2D eigenvalue weighted by Gasteiger charge is -2.09. The standard InChI is InChI=1S/C10H9Cl2N3/c1-14-10-6-2-5(11)3-7(12)9(6)15-4-8(10)13/h2-4H,13H2,1H3,(H,14,15). The summed E-state index contributed by atoms with van der Waals surface area (Å²) >= 11 is 12.0. The molecule has 0 aliphatic rings. The van der Waals surface area contributed by atoms with Crippen LogP contribution in [0.25, 0.3) is 10.9 Å². The Morgan fingerprint density at radius 2 is 2.07 bits per heavy atom. The van der Waals surface area contributed by atoms with Crippen LogP contribution >= 0.6 is 23.2 Å². The summed E-state index contributed by atoms with van der Waals surface area (Å²) in [6.45, 7) is 0. The van der Waals surface area contributed by atoms with Gasteiger partial charge in [0.05, 0.1) is 28.1 Å². The van der Waals surface area contributed by atoms with E-state index in [2.05, 4.69) is 10.3 Å². The van der Waals surface area contributed by atoms with E-state index in [1.165, 1.54) is 0 Å². The Kier molecular flexibility index (Phi) is 2.59. The van der Waals surface area contributed by atoms with Crippen molar-refractivity contribution in [2.45, 2.75) is 0 Å². The molecule has 0 atom stereocenters. The Hall–Kier alpha value is -1.19. The van der Waals surface area contributed by atoms with Gasteiger partial charge >= 0.3 is 0 Å². The summed E-state index contributed by atoms with van der Waals surface area (Å²) in [6, 6.07) is 3.45. The number of hydrogen-bond donors (Lipinski definition) is 2. The largest absolute Gasteiger partial charge is 0.396 e. The van der Waals surface area contributed by atoms with Gasteiger partial charge in [0, 0.05) is 17.5 Å². The van der Waals surface area contributed by atoms with E-state index in [1.54, 1.807) is 25.4 Å². The number of fused-ring (bicyclic) bond motifs is 1. The zero-order valence-corrected chi connectivity index (χ0v) is 9.52. The first kappa shape index (κ1) is 10.3. The molecule has 3 N–H and O–H groups in total. The van der Waals surface area contributed by atoms with E-state index >= 15 is 0 Å². The van der Waals surface area contributed by atoms with Crippen molar-refractivity contribution in [2.75, 3.05) is 18.1 Å². The van der Waals surface area contributed by atoms with Crippen LogP contribution in [0.5, 0.6) is 0 Å². The maximum atomic E-state index is 6.03. The molecule has 0 saturated carbocycles. The number of hydrogen-bond acceptors (Lipinski definition) is 3. The molecule has 0 radical (unpaired) electrons. The minimum absolute atomic E-state index is 0.522. The SMILES string of the molecule is CNc1c(N)cnc2c(Cl)cc(Cl)cc12. The van der Waals surface area contributed by atoms with Gasteiger partial charge in [-0.15, -0.1) is 0 Å². The van der Waals surface area contributed by atoms with E-state index in [-0.39, 0.29) is 0 Å². The second-order valence-electron chi connectivity index (χ2n) is 3.12. The normalized spacial score (nSPS) is 10.6. The Morgan fingerprint density at radius 3 is 2.73 bits per heavy atom. The molecule has 0 aliphatic heterocycles. The molecule has 0 fully saturated rings. The third-order valence-corrected chi connectivity index (χ3v) is 2.68. The van der Waals surface area contributed by atoms with Gasteiger partial charge in [0.15, 0.2) is 0 Å². The maximum Gasteiger partial charge on any atom is 0.0911 e. The van der Waals surface area contributed by atoms with Crippen molar-refractivity contribution in [3.63, 3.8) is 0 Å². The van der Waals surface area contributed by atoms with E-state index in [0.29, 0.717) is 21.2 Å². The molecule has 0 amide bonds. The van der Waals surface area contributed by atoms with Crippen LogP contribution in [0.4, 0.5) is 11.4 Å². The third kappa shape index (κ3) is 1.68. The molecule has 3 nitrogen and oxygen atoms in total. The Labute approximate surface area is 97.2 Å². The number of benzene rings is 1. The van der Waals surface area contributed by atoms with E-state index in [4.69, 9.17) is 28.9 Å². The summed E-state index contributed by atoms with van der Waals surface area (Å²) < 4.78 is 0. The number of nitrogens with one attached hydrogen (secondary N) is 1. The molecular formula is C10H9Cl2N3. The van der Waals surface area contributed by atoms with E-state index < -0.39 is 0 Å². The molecule has 2 aromatic rings. The highest BCUT2D eigenvalue weighted by molar-refractivity contribution is 6.38. The molecule has 0 spiro atoms. The number of nitrogens with zero attached hydrogens (tertiary/aromatic N) is 1. The number of nitrogen functional groups attached to an aromatic ring is 1. The van der Waals surface area contributed by atoms with Crippen LogP contribution in [-0.4, -0.2) is 12.0 Å². The molecule has 5 heteroatoms. The number of pyridine rings is 1. The average molecular weight is 242 g/mol. The molecule has 0 aliphatic carbocycles. The van der Waals surface area contributed by atoms with Crippen molar-refractivity contribution in [1.82, 2.24) is 4.98 Å². The minimum atomic E-state index is 0.522. The van der Waals surface area contributed by atoms with Gasteiger partial charge in [-0.25, -0.2) is 0 Å². The lowest BCUT2D eigenvalue weighted by atomic mass is 10.1. The summed E-state index contributed by atoms with van der Waals surface area (Å²) in [6.07, 6.45) is 1.58. The molecule has 1 aromatic heterocycles. The fourth-order valence-electron chi connectivity index (χ4n) is 1.52. The fourth-order valence-corrected chi connectivity index (χ4v) is 2.06. The highest BCUT2D eigenvalue weighted by Crippen LogP contribution is 2.33. The zero-order chi connectivity index (χ0) is 11.0. The van der Waals surface area contributed by atoms with Crippen LogP contribution in [0.3, 0.4) is 0 Å². The first-order valence-corrected chi connectivity index (χ1v) is 5.10. The minimum Gasteiger partial charge on any atom is -0.396 e. The number of nitrogens with two attached hydrogens (primary N) is 1. The second kappa shape index (κ2) is 3.76. The molecule has 15 heavy (non-hydrogen) atoms. The first-order chi connectivity index (χ1) is 7.13. The van der Waals surface area contributed by atoms with Crippen molar-refractivity contribution in [3.05, 3.63) is 28.4 Å². The quantitative estimate of drug-likeness (QED) is 0.807. The third-order valence-electron chi connectivity index (χ3n) is 2.17. The topological polar surface area (TPSA) is 50.9 Å². The molecule has 1 heterocycles. The fraction of sp³-hybridized carbons (Fsp3) is 0.100. The van der Waals surface area contributed by atoms with Gasteiger partial charge < -0.3 is 11.1 Å². The van der Waals surface area contributed by atoms with Crippen LogP contribution < -0.4 is 11.1 Å². The summed E-state index contributed by atoms with van der Waals surface area (Å²) in [5.74, 6) is 0. The molecule has 78 valence electrons. The van der Waals surface area contributed by atoms with Gasteiger partial charge in [-0.05, 0) is 12.1 Å². The van der Waals surface area contributed by atoms with Crippen molar-refractivity contribution < 1.29 is 0 Å². The first-order valence-electron chi connectivity index (χ1n) is 4.34. The van der Waals surface area contributed by atoms with Crippen LogP contribution in [0.2, 0.25) is 10.0 Å². The van der Waals surface area contributed by atoms with Crippen molar-refractivity contribution in [2.24, 2.45) is 0 Å². The smallest absolute Gasteiger partial charge is 0.0911 e. The number of halogens is 2. The Morgan fingerprint density at radius 1 is 1.33 bits per heavy atom. The predicted octanol–water partition coefficient (Wildman–Crippen LogP) is 3.17. The van der Waals surface area contributed by atoms with Gasteiger partial charge in [0.1, 0.15) is 0 Å². The molecule has 0 bridgehead atoms. The lowest BCUT2D eigenvalue weighted by Crippen LogP contribution is -1.98. The Balaban J connectivity index is 2.91. The lowest BCUT2D eigenvalue weighted by molar-refractivity contribution is 1.40. The maximum absolute atomic E-state index is 6.03. The molecule has 0 unspecified atom stereocenters. The second-order valence-corrected chi connectivity index (χ2v) is 3.97. The summed E-state index contributed by atoms with van der Waals surface area (Å²) in [4.78, 5) is 4.17.